The van der Waals surface area contributed by atoms with Crippen LogP contribution in [0.1, 0.15) is 28.2 Å². The first-order chi connectivity index (χ1) is 19.5. The summed E-state index contributed by atoms with van der Waals surface area (Å²) in [6.07, 6.45) is 0.118. The Morgan fingerprint density at radius 3 is 2.52 bits per heavy atom. The van der Waals surface area contributed by atoms with E-state index in [0.717, 1.165) is 5.56 Å². The Kier molecular flexibility index (Phi) is 7.65. The molecule has 0 saturated carbocycles. The average molecular weight is 537 g/mol. The second-order valence-electron chi connectivity index (χ2n) is 9.05. The molecule has 1 heterocycles. The highest BCUT2D eigenvalue weighted by atomic mass is 19.1. The molecule has 1 atom stereocenters. The van der Waals surface area contributed by atoms with Gasteiger partial charge in [0.2, 0.25) is 5.88 Å². The Bertz CT molecular complexity index is 1630. The lowest BCUT2D eigenvalue weighted by Crippen LogP contribution is -2.21. The van der Waals surface area contributed by atoms with Gasteiger partial charge >= 0.3 is 5.97 Å². The average Bonchev–Trinajstić information content (AvgIpc) is 2.96. The number of hydrogen-bond acceptors (Lipinski definition) is 7. The van der Waals surface area contributed by atoms with Gasteiger partial charge in [0.05, 0.1) is 19.4 Å². The van der Waals surface area contributed by atoms with Crippen LogP contribution >= 0.6 is 0 Å². The quantitative estimate of drug-likeness (QED) is 0.225. The number of fused-ring (bicyclic) bond motifs is 1. The highest BCUT2D eigenvalue weighted by Gasteiger charge is 2.32. The largest absolute Gasteiger partial charge is 0.493 e. The van der Waals surface area contributed by atoms with Gasteiger partial charge in [0.1, 0.15) is 35.6 Å². The van der Waals surface area contributed by atoms with Gasteiger partial charge in [-0.25, -0.2) is 4.39 Å². The predicted molar refractivity (Wildman–Crippen MR) is 145 cm³/mol. The van der Waals surface area contributed by atoms with Crippen molar-refractivity contribution >= 4 is 5.97 Å². The molecule has 4 aromatic carbocycles. The smallest absolute Gasteiger partial charge is 0.315 e. The third kappa shape index (κ3) is 5.59. The summed E-state index contributed by atoms with van der Waals surface area (Å²) in [4.78, 5) is 12.5. The number of allylic oxidation sites excluding steroid dienone is 1. The van der Waals surface area contributed by atoms with Crippen LogP contribution in [0.15, 0.2) is 102 Å². The van der Waals surface area contributed by atoms with Crippen molar-refractivity contribution in [3.63, 3.8) is 0 Å². The molecule has 0 spiro atoms. The fraction of sp³-hybridized carbons (Fsp3) is 0.125. The first-order valence-corrected chi connectivity index (χ1v) is 12.5. The van der Waals surface area contributed by atoms with E-state index in [-0.39, 0.29) is 30.3 Å². The number of ether oxygens (including phenoxy) is 4. The van der Waals surface area contributed by atoms with E-state index in [9.17, 15) is 14.4 Å². The number of methoxy groups -OCH3 is 1. The summed E-state index contributed by atoms with van der Waals surface area (Å²) in [6.45, 7) is 0.0184. The maximum absolute atomic E-state index is 14.0. The molecule has 1 aliphatic heterocycles. The monoisotopic (exact) mass is 536 g/mol. The highest BCUT2D eigenvalue weighted by molar-refractivity contribution is 5.75. The summed E-state index contributed by atoms with van der Waals surface area (Å²) < 4.78 is 36.7. The van der Waals surface area contributed by atoms with Crippen molar-refractivity contribution in [1.29, 1.82) is 5.26 Å². The van der Waals surface area contributed by atoms with Crippen molar-refractivity contribution < 1.29 is 28.1 Å². The van der Waals surface area contributed by atoms with Gasteiger partial charge < -0.3 is 24.7 Å². The van der Waals surface area contributed by atoms with E-state index in [1.165, 1.54) is 13.2 Å². The number of nitrogens with two attached hydrogens (primary N) is 1. The summed E-state index contributed by atoms with van der Waals surface area (Å²) in [5.74, 6) is 0.0780. The van der Waals surface area contributed by atoms with Crippen molar-refractivity contribution in [3.05, 3.63) is 131 Å². The minimum absolute atomic E-state index is 0.0184. The molecule has 4 aromatic rings. The molecule has 0 bridgehead atoms. The third-order valence-electron chi connectivity index (χ3n) is 6.48. The van der Waals surface area contributed by atoms with Crippen LogP contribution in [0.5, 0.6) is 23.0 Å². The first-order valence-electron chi connectivity index (χ1n) is 12.5. The number of benzene rings is 4. The summed E-state index contributed by atoms with van der Waals surface area (Å²) in [7, 11) is 1.50. The van der Waals surface area contributed by atoms with Crippen LogP contribution in [0.25, 0.3) is 0 Å². The van der Waals surface area contributed by atoms with Crippen LogP contribution in [0.3, 0.4) is 0 Å². The van der Waals surface area contributed by atoms with E-state index >= 15 is 0 Å². The molecule has 8 heteroatoms. The number of nitrogens with zero attached hydrogens (tertiary/aromatic N) is 1. The summed E-state index contributed by atoms with van der Waals surface area (Å²) in [5.41, 5.74) is 8.99. The fourth-order valence-corrected chi connectivity index (χ4v) is 4.53. The SMILES string of the molecule is COc1cc(C2C(C#N)=C(N)Oc3cc(OC(=O)Cc4ccccc4)ccc32)ccc1OCc1ccccc1F. The molecule has 0 aromatic heterocycles. The number of carbonyl (C=O) groups is 1. The van der Waals surface area contributed by atoms with Gasteiger partial charge in [0.25, 0.3) is 0 Å². The number of halogens is 1. The molecule has 0 amide bonds. The second kappa shape index (κ2) is 11.6. The maximum Gasteiger partial charge on any atom is 0.315 e. The molecule has 1 unspecified atom stereocenters. The number of esters is 1. The zero-order valence-electron chi connectivity index (χ0n) is 21.6. The van der Waals surface area contributed by atoms with E-state index in [1.54, 1.807) is 54.6 Å². The number of hydrogen-bond donors (Lipinski definition) is 1. The van der Waals surface area contributed by atoms with E-state index in [2.05, 4.69) is 6.07 Å². The molecule has 2 N–H and O–H groups in total. The molecular weight excluding hydrogens is 511 g/mol. The van der Waals surface area contributed by atoms with Gasteiger partial charge in [-0.15, -0.1) is 0 Å². The van der Waals surface area contributed by atoms with Crippen LogP contribution in [0.2, 0.25) is 0 Å². The van der Waals surface area contributed by atoms with Crippen molar-refractivity contribution in [2.24, 2.45) is 5.73 Å². The van der Waals surface area contributed by atoms with Crippen molar-refractivity contribution in [3.8, 4) is 29.1 Å². The van der Waals surface area contributed by atoms with Gasteiger partial charge in [-0.2, -0.15) is 5.26 Å². The molecule has 0 saturated heterocycles. The lowest BCUT2D eigenvalue weighted by Gasteiger charge is -2.27. The molecule has 40 heavy (non-hydrogen) atoms. The van der Waals surface area contributed by atoms with Crippen molar-refractivity contribution in [2.45, 2.75) is 18.9 Å². The van der Waals surface area contributed by atoms with Crippen molar-refractivity contribution in [2.75, 3.05) is 7.11 Å². The van der Waals surface area contributed by atoms with Gasteiger partial charge in [0.15, 0.2) is 11.5 Å². The van der Waals surface area contributed by atoms with E-state index in [4.69, 9.17) is 24.7 Å². The van der Waals surface area contributed by atoms with Crippen molar-refractivity contribution in [1.82, 2.24) is 0 Å². The van der Waals surface area contributed by atoms with Crippen LogP contribution in [-0.2, 0) is 17.8 Å². The van der Waals surface area contributed by atoms with Crippen LogP contribution in [0, 0.1) is 17.1 Å². The van der Waals surface area contributed by atoms with Gasteiger partial charge in [-0.1, -0.05) is 60.7 Å². The standard InChI is InChI=1S/C32H25FN2O5/c1-37-29-16-21(11-14-27(29)38-19-22-9-5-6-10-26(22)33)31-24-13-12-23(17-28(24)40-32(35)25(31)18-34)39-30(36)15-20-7-3-2-4-8-20/h2-14,16-17,31H,15,19,35H2,1H3. The predicted octanol–water partition coefficient (Wildman–Crippen LogP) is 5.78. The zero-order chi connectivity index (χ0) is 28.1. The maximum atomic E-state index is 14.0. The minimum atomic E-state index is -0.572. The zero-order valence-corrected chi connectivity index (χ0v) is 21.6. The van der Waals surface area contributed by atoms with E-state index in [1.807, 2.05) is 30.3 Å². The molecule has 5 rings (SSSR count). The Morgan fingerprint density at radius 1 is 1.00 bits per heavy atom. The number of carbonyl (C=O) groups excluding carboxylic acids is 1. The van der Waals surface area contributed by atoms with E-state index < -0.39 is 11.9 Å². The lowest BCUT2D eigenvalue weighted by atomic mass is 9.83. The van der Waals surface area contributed by atoms with Gasteiger partial charge in [-0.05, 0) is 35.4 Å². The molecule has 1 aliphatic rings. The molecule has 0 fully saturated rings. The normalized spacial score (nSPS) is 14.0. The number of rotatable bonds is 8. The Hall–Kier alpha value is -5.29. The summed E-state index contributed by atoms with van der Waals surface area (Å²) in [6, 6.07) is 28.0. The highest BCUT2D eigenvalue weighted by Crippen LogP contribution is 2.45. The molecule has 0 aliphatic carbocycles. The van der Waals surface area contributed by atoms with Gasteiger partial charge in [0, 0.05) is 17.2 Å². The molecule has 200 valence electrons. The van der Waals surface area contributed by atoms with Crippen LogP contribution in [-0.4, -0.2) is 13.1 Å². The van der Waals surface area contributed by atoms with Crippen LogP contribution in [0.4, 0.5) is 4.39 Å². The summed E-state index contributed by atoms with van der Waals surface area (Å²) in [5, 5.41) is 9.92. The molecule has 7 nitrogen and oxygen atoms in total. The Labute approximate surface area is 230 Å². The minimum Gasteiger partial charge on any atom is -0.493 e. The lowest BCUT2D eigenvalue weighted by molar-refractivity contribution is -0.133. The number of nitriles is 1. The van der Waals surface area contributed by atoms with E-state index in [0.29, 0.717) is 39.7 Å². The first kappa shape index (κ1) is 26.3. The fourth-order valence-electron chi connectivity index (χ4n) is 4.53. The Morgan fingerprint density at radius 2 is 1.77 bits per heavy atom. The topological polar surface area (TPSA) is 104 Å². The summed E-state index contributed by atoms with van der Waals surface area (Å²) >= 11 is 0. The van der Waals surface area contributed by atoms with Crippen LogP contribution < -0.4 is 24.7 Å². The third-order valence-corrected chi connectivity index (χ3v) is 6.48. The molecule has 0 radical (unpaired) electrons. The second-order valence-corrected chi connectivity index (χ2v) is 9.05. The van der Waals surface area contributed by atoms with Gasteiger partial charge in [-0.3, -0.25) is 4.79 Å². The Balaban J connectivity index is 1.41. The molecular formula is C32H25FN2O5.